The predicted molar refractivity (Wildman–Crippen MR) is 96.0 cm³/mol. The minimum atomic E-state index is -3.62. The largest absolute Gasteiger partial charge is 0.464 e. The SMILES string of the molecule is Cc1ccc(CN(C)C(=O)c2cc(C)c(C)c(S(=O)(=O)N(C)C)c2)o1. The standard InChI is InChI=1S/C18H24N2O4S/c1-12-9-15(10-17(14(12)3)25(22,23)19(4)5)18(21)20(6)11-16-8-7-13(2)24-16/h7-10H,11H2,1-6H3. The number of hydrogen-bond acceptors (Lipinski definition) is 4. The maximum atomic E-state index is 12.7. The summed E-state index contributed by atoms with van der Waals surface area (Å²) in [5.41, 5.74) is 1.75. The normalized spacial score (nSPS) is 11.8. The molecule has 0 bridgehead atoms. The molecule has 0 N–H and O–H groups in total. The highest BCUT2D eigenvalue weighted by molar-refractivity contribution is 7.89. The number of rotatable bonds is 5. The molecule has 0 unspecified atom stereocenters. The van der Waals surface area contributed by atoms with Crippen molar-refractivity contribution >= 4 is 15.9 Å². The zero-order valence-electron chi connectivity index (χ0n) is 15.5. The molecule has 2 aromatic rings. The summed E-state index contributed by atoms with van der Waals surface area (Å²) in [4.78, 5) is 14.4. The smallest absolute Gasteiger partial charge is 0.254 e. The molecular weight excluding hydrogens is 340 g/mol. The fourth-order valence-corrected chi connectivity index (χ4v) is 3.73. The summed E-state index contributed by atoms with van der Waals surface area (Å²) in [6.45, 7) is 5.70. The van der Waals surface area contributed by atoms with E-state index in [-0.39, 0.29) is 10.8 Å². The zero-order valence-corrected chi connectivity index (χ0v) is 16.3. The lowest BCUT2D eigenvalue weighted by molar-refractivity contribution is 0.0774. The van der Waals surface area contributed by atoms with Crippen molar-refractivity contribution in [3.8, 4) is 0 Å². The van der Waals surface area contributed by atoms with E-state index < -0.39 is 10.0 Å². The van der Waals surface area contributed by atoms with Crippen LogP contribution >= 0.6 is 0 Å². The summed E-state index contributed by atoms with van der Waals surface area (Å²) in [6.07, 6.45) is 0. The second kappa shape index (κ2) is 7.01. The molecule has 1 amide bonds. The Morgan fingerprint density at radius 2 is 1.72 bits per heavy atom. The Labute approximate surface area is 149 Å². The molecule has 7 heteroatoms. The van der Waals surface area contributed by atoms with Crippen LogP contribution in [-0.2, 0) is 16.6 Å². The number of nitrogens with zero attached hydrogens (tertiary/aromatic N) is 2. The number of carbonyl (C=O) groups excluding carboxylic acids is 1. The van der Waals surface area contributed by atoms with Crippen LogP contribution in [0.5, 0.6) is 0 Å². The molecule has 0 aliphatic heterocycles. The van der Waals surface area contributed by atoms with Crippen molar-refractivity contribution in [3.63, 3.8) is 0 Å². The first-order chi connectivity index (χ1) is 11.5. The molecule has 0 aliphatic carbocycles. The molecule has 0 aliphatic rings. The second-order valence-corrected chi connectivity index (χ2v) is 8.50. The van der Waals surface area contributed by atoms with Crippen molar-refractivity contribution in [2.45, 2.75) is 32.2 Å². The first-order valence-corrected chi connectivity index (χ1v) is 9.32. The Morgan fingerprint density at radius 1 is 1.08 bits per heavy atom. The van der Waals surface area contributed by atoms with Crippen molar-refractivity contribution < 1.29 is 17.6 Å². The van der Waals surface area contributed by atoms with Gasteiger partial charge in [-0.3, -0.25) is 4.79 Å². The predicted octanol–water partition coefficient (Wildman–Crippen LogP) is 2.73. The van der Waals surface area contributed by atoms with E-state index in [9.17, 15) is 13.2 Å². The van der Waals surface area contributed by atoms with Crippen LogP contribution in [0.4, 0.5) is 0 Å². The minimum absolute atomic E-state index is 0.156. The van der Waals surface area contributed by atoms with Crippen molar-refractivity contribution in [2.24, 2.45) is 0 Å². The third-order valence-electron chi connectivity index (χ3n) is 4.16. The van der Waals surface area contributed by atoms with Gasteiger partial charge in [0.05, 0.1) is 11.4 Å². The van der Waals surface area contributed by atoms with Crippen LogP contribution in [0, 0.1) is 20.8 Å². The van der Waals surface area contributed by atoms with Crippen LogP contribution in [0.1, 0.15) is 33.0 Å². The Hall–Kier alpha value is -2.12. The third kappa shape index (κ3) is 3.93. The summed E-state index contributed by atoms with van der Waals surface area (Å²) in [7, 11) is 0.991. The average Bonchev–Trinajstić information content (AvgIpc) is 2.93. The molecule has 136 valence electrons. The van der Waals surface area contributed by atoms with Gasteiger partial charge in [0.15, 0.2) is 0 Å². The molecule has 0 saturated heterocycles. The van der Waals surface area contributed by atoms with Crippen molar-refractivity contribution in [1.82, 2.24) is 9.21 Å². The van der Waals surface area contributed by atoms with E-state index in [2.05, 4.69) is 0 Å². The van der Waals surface area contributed by atoms with Gasteiger partial charge >= 0.3 is 0 Å². The van der Waals surface area contributed by atoms with Gasteiger partial charge in [-0.15, -0.1) is 0 Å². The van der Waals surface area contributed by atoms with Gasteiger partial charge in [0.2, 0.25) is 10.0 Å². The number of amides is 1. The fraction of sp³-hybridized carbons (Fsp3) is 0.389. The number of aryl methyl sites for hydroxylation is 2. The summed E-state index contributed by atoms with van der Waals surface area (Å²) in [6, 6.07) is 6.83. The van der Waals surface area contributed by atoms with Crippen LogP contribution in [-0.4, -0.2) is 44.7 Å². The van der Waals surface area contributed by atoms with Gasteiger partial charge in [-0.05, 0) is 56.2 Å². The van der Waals surface area contributed by atoms with E-state index in [1.807, 2.05) is 19.1 Å². The number of sulfonamides is 1. The number of hydrogen-bond donors (Lipinski definition) is 0. The lowest BCUT2D eigenvalue weighted by Crippen LogP contribution is -2.27. The Balaban J connectivity index is 2.38. The van der Waals surface area contributed by atoms with Gasteiger partial charge in [0, 0.05) is 26.7 Å². The van der Waals surface area contributed by atoms with E-state index in [0.717, 1.165) is 15.6 Å². The third-order valence-corrected chi connectivity index (χ3v) is 6.10. The molecular formula is C18H24N2O4S. The number of benzene rings is 1. The highest BCUT2D eigenvalue weighted by atomic mass is 32.2. The first-order valence-electron chi connectivity index (χ1n) is 7.88. The van der Waals surface area contributed by atoms with Gasteiger partial charge in [-0.25, -0.2) is 12.7 Å². The quantitative estimate of drug-likeness (QED) is 0.818. The highest BCUT2D eigenvalue weighted by Gasteiger charge is 2.24. The van der Waals surface area contributed by atoms with Gasteiger partial charge < -0.3 is 9.32 Å². The van der Waals surface area contributed by atoms with E-state index >= 15 is 0 Å². The molecule has 25 heavy (non-hydrogen) atoms. The summed E-state index contributed by atoms with van der Waals surface area (Å²) in [5, 5.41) is 0. The van der Waals surface area contributed by atoms with Gasteiger partial charge in [0.25, 0.3) is 5.91 Å². The summed E-state index contributed by atoms with van der Waals surface area (Å²) < 4.78 is 31.7. The lowest BCUT2D eigenvalue weighted by atomic mass is 10.1. The van der Waals surface area contributed by atoms with E-state index in [0.29, 0.717) is 23.4 Å². The summed E-state index contributed by atoms with van der Waals surface area (Å²) in [5.74, 6) is 1.20. The Bertz CT molecular complexity index is 898. The highest BCUT2D eigenvalue weighted by Crippen LogP contribution is 2.24. The van der Waals surface area contributed by atoms with Crippen LogP contribution in [0.3, 0.4) is 0 Å². The maximum absolute atomic E-state index is 12.7. The second-order valence-electron chi connectivity index (χ2n) is 6.38. The topological polar surface area (TPSA) is 70.8 Å². The zero-order chi connectivity index (χ0) is 18.9. The average molecular weight is 364 g/mol. The van der Waals surface area contributed by atoms with E-state index in [1.165, 1.54) is 25.1 Å². The van der Waals surface area contributed by atoms with Crippen LogP contribution < -0.4 is 0 Å². The van der Waals surface area contributed by atoms with E-state index in [4.69, 9.17) is 4.42 Å². The first kappa shape index (κ1) is 19.2. The molecule has 0 atom stereocenters. The van der Waals surface area contributed by atoms with E-state index in [1.54, 1.807) is 27.0 Å². The lowest BCUT2D eigenvalue weighted by Gasteiger charge is -2.19. The van der Waals surface area contributed by atoms with Crippen molar-refractivity contribution in [1.29, 1.82) is 0 Å². The minimum Gasteiger partial charge on any atom is -0.464 e. The van der Waals surface area contributed by atoms with Crippen LogP contribution in [0.15, 0.2) is 33.6 Å². The Kier molecular flexibility index (Phi) is 5.39. The van der Waals surface area contributed by atoms with Gasteiger partial charge in [-0.1, -0.05) is 0 Å². The molecule has 1 aromatic carbocycles. The molecule has 2 rings (SSSR count). The molecule has 1 aromatic heterocycles. The summed E-state index contributed by atoms with van der Waals surface area (Å²) >= 11 is 0. The van der Waals surface area contributed by atoms with Crippen molar-refractivity contribution in [2.75, 3.05) is 21.1 Å². The van der Waals surface area contributed by atoms with Gasteiger partial charge in [0.1, 0.15) is 11.5 Å². The number of carbonyl (C=O) groups is 1. The maximum Gasteiger partial charge on any atom is 0.254 e. The van der Waals surface area contributed by atoms with Crippen LogP contribution in [0.25, 0.3) is 0 Å². The Morgan fingerprint density at radius 3 is 2.24 bits per heavy atom. The molecule has 1 heterocycles. The molecule has 0 saturated carbocycles. The number of furan rings is 1. The molecule has 0 spiro atoms. The van der Waals surface area contributed by atoms with Gasteiger partial charge in [-0.2, -0.15) is 0 Å². The van der Waals surface area contributed by atoms with Crippen molar-refractivity contribution in [3.05, 3.63) is 52.5 Å². The molecule has 6 nitrogen and oxygen atoms in total. The monoisotopic (exact) mass is 364 g/mol. The fourth-order valence-electron chi connectivity index (χ4n) is 2.51. The van der Waals surface area contributed by atoms with Crippen LogP contribution in [0.2, 0.25) is 0 Å². The molecule has 0 radical (unpaired) electrons. The molecule has 0 fully saturated rings.